The molecule has 1 N–H and O–H groups in total. The molecule has 0 unspecified atom stereocenters. The average molecular weight is 145 g/mol. The molecular weight excluding hydrogens is 137 g/mol. The van der Waals surface area contributed by atoms with Gasteiger partial charge in [0.2, 0.25) is 0 Å². The minimum Gasteiger partial charge on any atom is -1.00 e. The van der Waals surface area contributed by atoms with Crippen LogP contribution >= 0.6 is 0 Å². The minimum absolute atomic E-state index is 0. The summed E-state index contributed by atoms with van der Waals surface area (Å²) in [6.07, 6.45) is 3.24. The van der Waals surface area contributed by atoms with Gasteiger partial charge in [0.05, 0.1) is 6.42 Å². The van der Waals surface area contributed by atoms with Gasteiger partial charge in [-0.3, -0.25) is 9.78 Å². The second-order valence-corrected chi connectivity index (χ2v) is 1.93. The van der Waals surface area contributed by atoms with Crippen molar-refractivity contribution in [3.05, 3.63) is 30.1 Å². The maximum atomic E-state index is 10.1. The quantitative estimate of drug-likeness (QED) is 0.481. The maximum Gasteiger partial charge on any atom is 1.00 e. The molecule has 0 aliphatic carbocycles. The molecule has 54 valence electrons. The zero-order valence-corrected chi connectivity index (χ0v) is 6.32. The van der Waals surface area contributed by atoms with Gasteiger partial charge in [0.25, 0.3) is 0 Å². The van der Waals surface area contributed by atoms with Gasteiger partial charge in [-0.1, -0.05) is 0 Å². The predicted octanol–water partition coefficient (Wildman–Crippen LogP) is -2.17. The number of pyridine rings is 1. The van der Waals surface area contributed by atoms with Crippen LogP contribution in [0.15, 0.2) is 24.5 Å². The SMILES string of the molecule is O=C(O)Cc1ccncc1.[H-].[Li+]. The summed E-state index contributed by atoms with van der Waals surface area (Å²) in [7, 11) is 0. The molecule has 0 bridgehead atoms. The molecule has 0 atom stereocenters. The second-order valence-electron chi connectivity index (χ2n) is 1.93. The molecule has 0 saturated heterocycles. The summed E-state index contributed by atoms with van der Waals surface area (Å²) in [5.74, 6) is -0.814. The van der Waals surface area contributed by atoms with Gasteiger partial charge in [0.15, 0.2) is 0 Å². The van der Waals surface area contributed by atoms with Crippen molar-refractivity contribution in [2.24, 2.45) is 0 Å². The molecule has 0 aliphatic heterocycles. The number of nitrogens with zero attached hydrogens (tertiary/aromatic N) is 1. The summed E-state index contributed by atoms with van der Waals surface area (Å²) in [4.78, 5) is 13.9. The Morgan fingerprint density at radius 3 is 2.55 bits per heavy atom. The van der Waals surface area contributed by atoms with Gasteiger partial charge >= 0.3 is 24.8 Å². The standard InChI is InChI=1S/C7H7NO2.Li.H/c9-7(10)5-6-1-3-8-4-2-6;;/h1-4H,5H2,(H,9,10);;/q;+1;-1. The van der Waals surface area contributed by atoms with E-state index in [2.05, 4.69) is 4.98 Å². The van der Waals surface area contributed by atoms with Crippen LogP contribution in [0, 0.1) is 0 Å². The van der Waals surface area contributed by atoms with E-state index in [9.17, 15) is 4.79 Å². The van der Waals surface area contributed by atoms with Crippen molar-refractivity contribution >= 4 is 5.97 Å². The summed E-state index contributed by atoms with van der Waals surface area (Å²) in [5, 5.41) is 8.35. The number of rotatable bonds is 2. The molecule has 1 aromatic heterocycles. The minimum atomic E-state index is -0.814. The fourth-order valence-corrected chi connectivity index (χ4v) is 0.675. The van der Waals surface area contributed by atoms with Crippen molar-refractivity contribution in [2.45, 2.75) is 6.42 Å². The number of aromatic nitrogens is 1. The molecule has 0 amide bonds. The van der Waals surface area contributed by atoms with Gasteiger partial charge < -0.3 is 6.53 Å². The van der Waals surface area contributed by atoms with Crippen LogP contribution in [0.1, 0.15) is 6.99 Å². The van der Waals surface area contributed by atoms with Crippen LogP contribution in [0.2, 0.25) is 0 Å². The van der Waals surface area contributed by atoms with Gasteiger partial charge in [0, 0.05) is 12.4 Å². The van der Waals surface area contributed by atoms with Crippen molar-refractivity contribution in [3.63, 3.8) is 0 Å². The van der Waals surface area contributed by atoms with E-state index in [0.717, 1.165) is 5.56 Å². The van der Waals surface area contributed by atoms with E-state index in [-0.39, 0.29) is 26.7 Å². The number of carboxylic acids is 1. The van der Waals surface area contributed by atoms with Crippen molar-refractivity contribution in [1.82, 2.24) is 4.98 Å². The maximum absolute atomic E-state index is 10.1. The number of hydrogen-bond donors (Lipinski definition) is 1. The summed E-state index contributed by atoms with van der Waals surface area (Å²) in [5.41, 5.74) is 0.780. The zero-order chi connectivity index (χ0) is 7.40. The Balaban J connectivity index is 0. The van der Waals surface area contributed by atoms with E-state index in [1.54, 1.807) is 24.5 Å². The summed E-state index contributed by atoms with van der Waals surface area (Å²) < 4.78 is 0. The third kappa shape index (κ3) is 3.82. The first-order chi connectivity index (χ1) is 4.79. The molecule has 11 heavy (non-hydrogen) atoms. The van der Waals surface area contributed by atoms with Crippen LogP contribution in [-0.4, -0.2) is 16.1 Å². The Bertz CT molecular complexity index is 230. The number of carboxylic acid groups (broad SMARTS) is 1. The van der Waals surface area contributed by atoms with Crippen molar-refractivity contribution in [2.75, 3.05) is 0 Å². The smallest absolute Gasteiger partial charge is 1.00 e. The van der Waals surface area contributed by atoms with E-state index in [0.29, 0.717) is 0 Å². The van der Waals surface area contributed by atoms with Crippen LogP contribution in [0.5, 0.6) is 0 Å². The largest absolute Gasteiger partial charge is 1.00 e. The van der Waals surface area contributed by atoms with Crippen LogP contribution < -0.4 is 18.9 Å². The first kappa shape index (κ1) is 10.2. The Labute approximate surface area is 78.1 Å². The molecule has 0 radical (unpaired) electrons. The summed E-state index contributed by atoms with van der Waals surface area (Å²) in [6.45, 7) is 0. The third-order valence-electron chi connectivity index (χ3n) is 1.10. The Kier molecular flexibility index (Phi) is 4.59. The van der Waals surface area contributed by atoms with Crippen LogP contribution in [0.25, 0.3) is 0 Å². The third-order valence-corrected chi connectivity index (χ3v) is 1.10. The average Bonchev–Trinajstić information content (AvgIpc) is 1.88. The van der Waals surface area contributed by atoms with E-state index in [4.69, 9.17) is 5.11 Å². The molecule has 1 rings (SSSR count). The molecule has 3 nitrogen and oxygen atoms in total. The van der Waals surface area contributed by atoms with Gasteiger partial charge in [-0.05, 0) is 17.7 Å². The molecular formula is C7H8LiNO2. The van der Waals surface area contributed by atoms with E-state index >= 15 is 0 Å². The fourth-order valence-electron chi connectivity index (χ4n) is 0.675. The van der Waals surface area contributed by atoms with Gasteiger partial charge in [-0.15, -0.1) is 0 Å². The van der Waals surface area contributed by atoms with E-state index in [1.165, 1.54) is 0 Å². The normalized spacial score (nSPS) is 8.36. The molecule has 1 heterocycles. The number of aliphatic carboxylic acids is 1. The monoisotopic (exact) mass is 145 g/mol. The van der Waals surface area contributed by atoms with Crippen molar-refractivity contribution in [1.29, 1.82) is 0 Å². The Hall–Kier alpha value is -0.783. The number of carbonyl (C=O) groups is 1. The first-order valence-corrected chi connectivity index (χ1v) is 2.90. The first-order valence-electron chi connectivity index (χ1n) is 2.90. The van der Waals surface area contributed by atoms with Gasteiger partial charge in [-0.25, -0.2) is 0 Å². The topological polar surface area (TPSA) is 50.2 Å². The summed E-state index contributed by atoms with van der Waals surface area (Å²) >= 11 is 0. The summed E-state index contributed by atoms with van der Waals surface area (Å²) in [6, 6.07) is 3.38. The van der Waals surface area contributed by atoms with E-state index < -0.39 is 5.97 Å². The molecule has 1 aromatic rings. The van der Waals surface area contributed by atoms with Crippen molar-refractivity contribution < 1.29 is 30.2 Å². The number of hydrogen-bond acceptors (Lipinski definition) is 2. The van der Waals surface area contributed by atoms with Crippen LogP contribution in [-0.2, 0) is 11.2 Å². The van der Waals surface area contributed by atoms with Gasteiger partial charge in [-0.2, -0.15) is 0 Å². The van der Waals surface area contributed by atoms with E-state index in [1.807, 2.05) is 0 Å². The molecule has 4 heteroatoms. The fraction of sp³-hybridized carbons (Fsp3) is 0.143. The molecule has 0 fully saturated rings. The predicted molar refractivity (Wildman–Crippen MR) is 36.7 cm³/mol. The van der Waals surface area contributed by atoms with Gasteiger partial charge in [0.1, 0.15) is 0 Å². The molecule has 0 aliphatic rings. The Morgan fingerprint density at radius 1 is 1.55 bits per heavy atom. The molecule has 0 spiro atoms. The van der Waals surface area contributed by atoms with Crippen LogP contribution in [0.4, 0.5) is 0 Å². The second kappa shape index (κ2) is 4.95. The molecule has 0 aromatic carbocycles. The Morgan fingerprint density at radius 2 is 2.09 bits per heavy atom. The zero-order valence-electron chi connectivity index (χ0n) is 7.32. The van der Waals surface area contributed by atoms with Crippen LogP contribution in [0.3, 0.4) is 0 Å². The molecule has 0 saturated carbocycles. The van der Waals surface area contributed by atoms with Crippen molar-refractivity contribution in [3.8, 4) is 0 Å².